The molecule has 0 amide bonds. The van der Waals surface area contributed by atoms with Gasteiger partial charge in [0.05, 0.1) is 15.6 Å². The van der Waals surface area contributed by atoms with Gasteiger partial charge in [0.25, 0.3) is 0 Å². The Bertz CT molecular complexity index is 645. The second-order valence-corrected chi connectivity index (χ2v) is 4.82. The molecule has 0 heterocycles. The van der Waals surface area contributed by atoms with Crippen molar-refractivity contribution in [1.82, 2.24) is 0 Å². The molecule has 0 aliphatic rings. The third-order valence-corrected chi connectivity index (χ3v) is 3.18. The van der Waals surface area contributed by atoms with Crippen molar-refractivity contribution in [2.45, 2.75) is 6.92 Å². The zero-order valence-electron chi connectivity index (χ0n) is 9.98. The number of benzene rings is 2. The van der Waals surface area contributed by atoms with Crippen LogP contribution in [0.15, 0.2) is 36.4 Å². The van der Waals surface area contributed by atoms with Gasteiger partial charge in [-0.2, -0.15) is 0 Å². The van der Waals surface area contributed by atoms with Gasteiger partial charge in [0.2, 0.25) is 0 Å². The van der Waals surface area contributed by atoms with Crippen molar-refractivity contribution < 1.29 is 4.92 Å². The van der Waals surface area contributed by atoms with Gasteiger partial charge in [-0.15, -0.1) is 0 Å². The quantitative estimate of drug-likeness (QED) is 0.644. The predicted molar refractivity (Wildman–Crippen MR) is 77.6 cm³/mol. The summed E-state index contributed by atoms with van der Waals surface area (Å²) in [6.45, 7) is 1.91. The van der Waals surface area contributed by atoms with E-state index in [0.717, 1.165) is 5.56 Å². The van der Waals surface area contributed by atoms with Crippen molar-refractivity contribution in [3.63, 3.8) is 0 Å². The minimum atomic E-state index is -0.521. The molecule has 2 aromatic carbocycles. The highest BCUT2D eigenvalue weighted by Crippen LogP contribution is 2.35. The van der Waals surface area contributed by atoms with E-state index >= 15 is 0 Å². The molecule has 19 heavy (non-hydrogen) atoms. The maximum atomic E-state index is 11.0. The van der Waals surface area contributed by atoms with Crippen LogP contribution in [0.5, 0.6) is 0 Å². The van der Waals surface area contributed by atoms with Crippen LogP contribution in [0.2, 0.25) is 10.0 Å². The molecule has 0 aromatic heterocycles. The van der Waals surface area contributed by atoms with Crippen molar-refractivity contribution in [1.29, 1.82) is 0 Å². The summed E-state index contributed by atoms with van der Waals surface area (Å²) in [7, 11) is 0. The molecule has 0 spiro atoms. The molecule has 0 radical (unpaired) electrons. The molecule has 2 aromatic rings. The molecular weight excluding hydrogens is 287 g/mol. The van der Waals surface area contributed by atoms with E-state index in [1.807, 2.05) is 13.0 Å². The Hall–Kier alpha value is -1.78. The number of nitro benzene ring substituents is 1. The van der Waals surface area contributed by atoms with Crippen LogP contribution in [0.4, 0.5) is 17.1 Å². The molecule has 0 unspecified atom stereocenters. The van der Waals surface area contributed by atoms with Gasteiger partial charge in [-0.05, 0) is 36.8 Å². The summed E-state index contributed by atoms with van der Waals surface area (Å²) < 4.78 is 0. The van der Waals surface area contributed by atoms with E-state index in [4.69, 9.17) is 23.2 Å². The first-order chi connectivity index (χ1) is 8.99. The number of nitrogens with one attached hydrogen (secondary N) is 1. The van der Waals surface area contributed by atoms with E-state index in [1.54, 1.807) is 24.3 Å². The van der Waals surface area contributed by atoms with Crippen LogP contribution in [-0.2, 0) is 0 Å². The first-order valence-corrected chi connectivity index (χ1v) is 6.20. The van der Waals surface area contributed by atoms with Crippen LogP contribution in [-0.4, -0.2) is 4.92 Å². The second-order valence-electron chi connectivity index (χ2n) is 4.00. The molecule has 0 saturated carbocycles. The number of hydrogen-bond donors (Lipinski definition) is 1. The zero-order valence-corrected chi connectivity index (χ0v) is 11.5. The number of anilines is 2. The first-order valence-electron chi connectivity index (χ1n) is 5.45. The molecule has 2 rings (SSSR count). The molecule has 0 bridgehead atoms. The normalized spacial score (nSPS) is 10.3. The van der Waals surface area contributed by atoms with E-state index in [9.17, 15) is 10.1 Å². The molecular formula is C13H10Cl2N2O2. The molecule has 6 heteroatoms. The number of hydrogen-bond acceptors (Lipinski definition) is 3. The highest BCUT2D eigenvalue weighted by molar-refractivity contribution is 6.34. The lowest BCUT2D eigenvalue weighted by Crippen LogP contribution is -1.98. The lowest BCUT2D eigenvalue weighted by Gasteiger charge is -2.10. The minimum Gasteiger partial charge on any atom is -0.349 e. The van der Waals surface area contributed by atoms with E-state index in [1.165, 1.54) is 6.07 Å². The fraction of sp³-hybridized carbons (Fsp3) is 0.0769. The third-order valence-electron chi connectivity index (χ3n) is 2.56. The van der Waals surface area contributed by atoms with E-state index in [0.29, 0.717) is 16.4 Å². The number of halogens is 2. The Morgan fingerprint density at radius 3 is 2.47 bits per heavy atom. The maximum absolute atomic E-state index is 11.0. The summed E-state index contributed by atoms with van der Waals surface area (Å²) in [4.78, 5) is 10.5. The van der Waals surface area contributed by atoms with E-state index in [-0.39, 0.29) is 10.7 Å². The number of para-hydroxylation sites is 1. The van der Waals surface area contributed by atoms with Gasteiger partial charge in [-0.25, -0.2) is 0 Å². The average Bonchev–Trinajstić information content (AvgIpc) is 2.32. The monoisotopic (exact) mass is 296 g/mol. The number of rotatable bonds is 3. The average molecular weight is 297 g/mol. The molecule has 4 nitrogen and oxygen atoms in total. The van der Waals surface area contributed by atoms with Crippen LogP contribution in [0.1, 0.15) is 5.56 Å². The van der Waals surface area contributed by atoms with Gasteiger partial charge in [0.15, 0.2) is 0 Å². The van der Waals surface area contributed by atoms with Crippen molar-refractivity contribution >= 4 is 40.3 Å². The highest BCUT2D eigenvalue weighted by Gasteiger charge is 2.18. The number of aryl methyl sites for hydroxylation is 1. The molecule has 0 atom stereocenters. The smallest absolute Gasteiger partial charge is 0.311 e. The van der Waals surface area contributed by atoms with E-state index < -0.39 is 4.92 Å². The third kappa shape index (κ3) is 2.97. The van der Waals surface area contributed by atoms with Crippen molar-refractivity contribution in [3.05, 3.63) is 62.1 Å². The lowest BCUT2D eigenvalue weighted by atomic mass is 10.2. The van der Waals surface area contributed by atoms with Gasteiger partial charge in [-0.1, -0.05) is 35.3 Å². The van der Waals surface area contributed by atoms with Crippen molar-refractivity contribution in [3.8, 4) is 0 Å². The predicted octanol–water partition coefficient (Wildman–Crippen LogP) is 4.95. The van der Waals surface area contributed by atoms with Crippen LogP contribution < -0.4 is 5.32 Å². The molecule has 0 saturated heterocycles. The molecule has 1 N–H and O–H groups in total. The minimum absolute atomic E-state index is 0.0817. The summed E-state index contributed by atoms with van der Waals surface area (Å²) in [5, 5.41) is 14.5. The van der Waals surface area contributed by atoms with Gasteiger partial charge < -0.3 is 5.32 Å². The molecule has 0 fully saturated rings. The summed E-state index contributed by atoms with van der Waals surface area (Å²) in [6.07, 6.45) is 0. The Kier molecular flexibility index (Phi) is 3.93. The van der Waals surface area contributed by atoms with Crippen molar-refractivity contribution in [2.24, 2.45) is 0 Å². The van der Waals surface area contributed by atoms with Crippen LogP contribution in [0.25, 0.3) is 0 Å². The largest absolute Gasteiger partial charge is 0.349 e. The highest BCUT2D eigenvalue weighted by atomic mass is 35.5. The summed E-state index contributed by atoms with van der Waals surface area (Å²) in [5.41, 5.74) is 1.75. The summed E-state index contributed by atoms with van der Waals surface area (Å²) in [5.74, 6) is 0. The number of nitrogens with zero attached hydrogens (tertiary/aromatic N) is 1. The summed E-state index contributed by atoms with van der Waals surface area (Å²) >= 11 is 11.9. The maximum Gasteiger partial charge on any atom is 0.311 e. The SMILES string of the molecule is Cc1ccc(Nc2cccc(Cl)c2[N+](=O)[O-])c(Cl)c1. The van der Waals surface area contributed by atoms with Crippen LogP contribution in [0.3, 0.4) is 0 Å². The van der Waals surface area contributed by atoms with Crippen LogP contribution in [0, 0.1) is 17.0 Å². The lowest BCUT2D eigenvalue weighted by molar-refractivity contribution is -0.383. The fourth-order valence-electron chi connectivity index (χ4n) is 1.67. The molecule has 98 valence electrons. The molecule has 0 aliphatic heterocycles. The summed E-state index contributed by atoms with van der Waals surface area (Å²) in [6, 6.07) is 10.1. The molecule has 0 aliphatic carbocycles. The van der Waals surface area contributed by atoms with E-state index in [2.05, 4.69) is 5.32 Å². The Morgan fingerprint density at radius 2 is 1.84 bits per heavy atom. The van der Waals surface area contributed by atoms with Gasteiger partial charge in [0, 0.05) is 0 Å². The Balaban J connectivity index is 2.44. The Morgan fingerprint density at radius 1 is 1.11 bits per heavy atom. The van der Waals surface area contributed by atoms with Crippen LogP contribution >= 0.6 is 23.2 Å². The zero-order chi connectivity index (χ0) is 14.0. The van der Waals surface area contributed by atoms with Gasteiger partial charge in [-0.3, -0.25) is 10.1 Å². The standard InChI is InChI=1S/C13H10Cl2N2O2/c1-8-5-6-11(10(15)7-8)16-12-4-2-3-9(14)13(12)17(18)19/h2-7,16H,1H3. The topological polar surface area (TPSA) is 55.2 Å². The van der Waals surface area contributed by atoms with Crippen molar-refractivity contribution in [2.75, 3.05) is 5.32 Å². The van der Waals surface area contributed by atoms with Gasteiger partial charge in [0.1, 0.15) is 10.7 Å². The second kappa shape index (κ2) is 5.47. The Labute approximate surface area is 120 Å². The first kappa shape index (κ1) is 13.6. The fourth-order valence-corrected chi connectivity index (χ4v) is 2.19. The number of nitro groups is 1. The van der Waals surface area contributed by atoms with Gasteiger partial charge >= 0.3 is 5.69 Å².